The number of hydrogen-bond donors (Lipinski definition) is 0. The van der Waals surface area contributed by atoms with Crippen LogP contribution in [0.2, 0.25) is 0 Å². The number of rotatable bonds is 3. The summed E-state index contributed by atoms with van der Waals surface area (Å²) in [5, 5.41) is 0. The minimum atomic E-state index is -0.0290. The second-order valence-corrected chi connectivity index (χ2v) is 7.01. The minimum Gasteiger partial charge on any atom is -0.378 e. The highest BCUT2D eigenvalue weighted by Crippen LogP contribution is 2.22. The number of aryl methyl sites for hydroxylation is 2. The van der Waals surface area contributed by atoms with E-state index in [1.165, 1.54) is 0 Å². The summed E-state index contributed by atoms with van der Waals surface area (Å²) in [5.74, 6) is 0.984. The minimum absolute atomic E-state index is 0.0290. The molecule has 4 heterocycles. The van der Waals surface area contributed by atoms with Crippen LogP contribution in [0, 0.1) is 13.8 Å². The van der Waals surface area contributed by atoms with Crippen LogP contribution in [0.25, 0.3) is 5.78 Å². The van der Waals surface area contributed by atoms with E-state index in [1.807, 2.05) is 22.4 Å². The van der Waals surface area contributed by atoms with Gasteiger partial charge in [-0.3, -0.25) is 14.1 Å². The number of carbonyl (C=O) groups is 1. The highest BCUT2D eigenvalue weighted by atomic mass is 16.5. The first-order valence-electron chi connectivity index (χ1n) is 9.04. The maximum atomic E-state index is 12.9. The summed E-state index contributed by atoms with van der Waals surface area (Å²) < 4.78 is 7.39. The van der Waals surface area contributed by atoms with Crippen LogP contribution in [-0.4, -0.2) is 69.0 Å². The average Bonchev–Trinajstić information content (AvgIpc) is 3.22. The number of imidazole rings is 1. The predicted octanol–water partition coefficient (Wildman–Crippen LogP) is 1.17. The molecule has 1 atom stereocenters. The van der Waals surface area contributed by atoms with E-state index in [2.05, 4.69) is 27.9 Å². The number of ether oxygens (including phenoxy) is 1. The van der Waals surface area contributed by atoms with Crippen molar-refractivity contribution in [3.8, 4) is 0 Å². The zero-order valence-electron chi connectivity index (χ0n) is 14.9. The second kappa shape index (κ2) is 6.72. The standard InChI is InChI=1S/C18H25N5O2/c1-13-10-14(2)23-12-15(20-18(23)19-13)11-22-5-3-4-16(22)17(24)21-6-8-25-9-7-21/h10,12,16H,3-9,11H2,1-2H3/t16-/m1/s1. The molecule has 2 aromatic rings. The smallest absolute Gasteiger partial charge is 0.240 e. The summed E-state index contributed by atoms with van der Waals surface area (Å²) >= 11 is 0. The van der Waals surface area contributed by atoms with Crippen LogP contribution >= 0.6 is 0 Å². The van der Waals surface area contributed by atoms with Gasteiger partial charge in [0.05, 0.1) is 24.9 Å². The molecule has 0 unspecified atom stereocenters. The normalized spacial score (nSPS) is 22.0. The Bertz CT molecular complexity index is 781. The number of carbonyl (C=O) groups excluding carboxylic acids is 1. The van der Waals surface area contributed by atoms with Crippen molar-refractivity contribution >= 4 is 11.7 Å². The molecule has 0 radical (unpaired) electrons. The molecule has 2 aromatic heterocycles. The molecule has 0 bridgehead atoms. The monoisotopic (exact) mass is 343 g/mol. The van der Waals surface area contributed by atoms with Gasteiger partial charge in [0, 0.05) is 37.2 Å². The molecular weight excluding hydrogens is 318 g/mol. The fourth-order valence-corrected chi connectivity index (χ4v) is 3.89. The molecule has 0 aromatic carbocycles. The predicted molar refractivity (Wildman–Crippen MR) is 93.3 cm³/mol. The van der Waals surface area contributed by atoms with Crippen LogP contribution < -0.4 is 0 Å². The first-order valence-corrected chi connectivity index (χ1v) is 9.04. The zero-order chi connectivity index (χ0) is 17.4. The van der Waals surface area contributed by atoms with Crippen molar-refractivity contribution < 1.29 is 9.53 Å². The molecule has 25 heavy (non-hydrogen) atoms. The van der Waals surface area contributed by atoms with Gasteiger partial charge in [-0.25, -0.2) is 9.97 Å². The number of hydrogen-bond acceptors (Lipinski definition) is 5. The van der Waals surface area contributed by atoms with Crippen molar-refractivity contribution in [1.29, 1.82) is 0 Å². The SMILES string of the molecule is Cc1cc(C)n2cc(CN3CCC[C@@H]3C(=O)N3CCOCC3)nc2n1. The lowest BCUT2D eigenvalue weighted by Crippen LogP contribution is -2.49. The number of morpholine rings is 1. The van der Waals surface area contributed by atoms with E-state index in [4.69, 9.17) is 4.74 Å². The first kappa shape index (κ1) is 16.5. The molecule has 0 spiro atoms. The quantitative estimate of drug-likeness (QED) is 0.837. The molecule has 2 saturated heterocycles. The molecule has 2 aliphatic heterocycles. The Morgan fingerprint density at radius 3 is 2.84 bits per heavy atom. The van der Waals surface area contributed by atoms with Crippen LogP contribution in [0.15, 0.2) is 12.3 Å². The number of aromatic nitrogens is 3. The Labute approximate surface area is 147 Å². The van der Waals surface area contributed by atoms with Crippen molar-refractivity contribution in [2.24, 2.45) is 0 Å². The number of fused-ring (bicyclic) bond motifs is 1. The maximum Gasteiger partial charge on any atom is 0.240 e. The van der Waals surface area contributed by atoms with Crippen molar-refractivity contribution in [2.45, 2.75) is 39.3 Å². The molecular formula is C18H25N5O2. The highest BCUT2D eigenvalue weighted by Gasteiger charge is 2.34. The van der Waals surface area contributed by atoms with Gasteiger partial charge in [0.15, 0.2) is 0 Å². The summed E-state index contributed by atoms with van der Waals surface area (Å²) in [4.78, 5) is 26.3. The molecule has 7 nitrogen and oxygen atoms in total. The summed E-state index contributed by atoms with van der Waals surface area (Å²) in [6.07, 6.45) is 4.04. The fourth-order valence-electron chi connectivity index (χ4n) is 3.89. The summed E-state index contributed by atoms with van der Waals surface area (Å²) in [7, 11) is 0. The van der Waals surface area contributed by atoms with Crippen LogP contribution in [0.1, 0.15) is 29.9 Å². The van der Waals surface area contributed by atoms with Gasteiger partial charge in [-0.05, 0) is 39.3 Å². The van der Waals surface area contributed by atoms with Crippen molar-refractivity contribution in [3.05, 3.63) is 29.3 Å². The van der Waals surface area contributed by atoms with E-state index in [1.54, 1.807) is 0 Å². The van der Waals surface area contributed by atoms with Gasteiger partial charge in [-0.2, -0.15) is 0 Å². The van der Waals surface area contributed by atoms with Gasteiger partial charge in [-0.15, -0.1) is 0 Å². The summed E-state index contributed by atoms with van der Waals surface area (Å²) in [5.41, 5.74) is 3.08. The Morgan fingerprint density at radius 2 is 2.04 bits per heavy atom. The van der Waals surface area contributed by atoms with Crippen molar-refractivity contribution in [2.75, 3.05) is 32.8 Å². The topological polar surface area (TPSA) is 63.0 Å². The molecule has 0 N–H and O–H groups in total. The Hall–Kier alpha value is -1.99. The van der Waals surface area contributed by atoms with Crippen LogP contribution in [0.4, 0.5) is 0 Å². The molecule has 0 aliphatic carbocycles. The number of nitrogens with zero attached hydrogens (tertiary/aromatic N) is 5. The summed E-state index contributed by atoms with van der Waals surface area (Å²) in [6.45, 7) is 8.40. The Morgan fingerprint density at radius 1 is 1.24 bits per heavy atom. The largest absolute Gasteiger partial charge is 0.378 e. The van der Waals surface area contributed by atoms with Gasteiger partial charge in [-0.1, -0.05) is 0 Å². The van der Waals surface area contributed by atoms with Crippen LogP contribution in [0.3, 0.4) is 0 Å². The van der Waals surface area contributed by atoms with Gasteiger partial charge < -0.3 is 9.64 Å². The molecule has 1 amide bonds. The average molecular weight is 343 g/mol. The Kier molecular flexibility index (Phi) is 4.43. The molecule has 134 valence electrons. The van der Waals surface area contributed by atoms with E-state index in [0.717, 1.165) is 42.2 Å². The summed E-state index contributed by atoms with van der Waals surface area (Å²) in [6, 6.07) is 2.03. The third-order valence-electron chi connectivity index (χ3n) is 5.15. The van der Waals surface area contributed by atoms with Gasteiger partial charge in [0.1, 0.15) is 0 Å². The molecule has 4 rings (SSSR count). The lowest BCUT2D eigenvalue weighted by atomic mass is 10.2. The van der Waals surface area contributed by atoms with E-state index >= 15 is 0 Å². The number of likely N-dealkylation sites (tertiary alicyclic amines) is 1. The van der Waals surface area contributed by atoms with Gasteiger partial charge in [0.25, 0.3) is 0 Å². The third-order valence-corrected chi connectivity index (χ3v) is 5.15. The molecule has 2 aliphatic rings. The van der Waals surface area contributed by atoms with Crippen molar-refractivity contribution in [3.63, 3.8) is 0 Å². The molecule has 2 fully saturated rings. The lowest BCUT2D eigenvalue weighted by molar-refractivity contribution is -0.140. The van der Waals surface area contributed by atoms with Gasteiger partial charge in [0.2, 0.25) is 11.7 Å². The van der Waals surface area contributed by atoms with E-state index in [9.17, 15) is 4.79 Å². The van der Waals surface area contributed by atoms with Crippen LogP contribution in [-0.2, 0) is 16.1 Å². The first-order chi connectivity index (χ1) is 12.1. The van der Waals surface area contributed by atoms with E-state index < -0.39 is 0 Å². The van der Waals surface area contributed by atoms with Crippen molar-refractivity contribution in [1.82, 2.24) is 24.2 Å². The maximum absolute atomic E-state index is 12.9. The zero-order valence-corrected chi connectivity index (χ0v) is 14.9. The fraction of sp³-hybridized carbons (Fsp3) is 0.611. The Balaban J connectivity index is 1.51. The second-order valence-electron chi connectivity index (χ2n) is 7.01. The van der Waals surface area contributed by atoms with Gasteiger partial charge >= 0.3 is 0 Å². The van der Waals surface area contributed by atoms with E-state index in [0.29, 0.717) is 32.8 Å². The highest BCUT2D eigenvalue weighted by molar-refractivity contribution is 5.82. The van der Waals surface area contributed by atoms with E-state index in [-0.39, 0.29) is 11.9 Å². The number of amides is 1. The molecule has 0 saturated carbocycles. The third kappa shape index (κ3) is 3.26. The molecule has 7 heteroatoms. The van der Waals surface area contributed by atoms with Crippen LogP contribution in [0.5, 0.6) is 0 Å². The lowest BCUT2D eigenvalue weighted by Gasteiger charge is -2.32.